The second-order valence-electron chi connectivity index (χ2n) is 9.66. The van der Waals surface area contributed by atoms with Gasteiger partial charge in [-0.3, -0.25) is 4.79 Å². The summed E-state index contributed by atoms with van der Waals surface area (Å²) in [6.45, 7) is 4.32. The van der Waals surface area contributed by atoms with Crippen molar-refractivity contribution in [3.05, 3.63) is 72.5 Å². The molecule has 39 heavy (non-hydrogen) atoms. The van der Waals surface area contributed by atoms with E-state index in [-0.39, 0.29) is 17.7 Å². The smallest absolute Gasteiger partial charge is 0.247 e. The molecule has 0 bridgehead atoms. The van der Waals surface area contributed by atoms with Gasteiger partial charge in [-0.1, -0.05) is 18.7 Å². The zero-order valence-electron chi connectivity index (χ0n) is 22.7. The molecule has 2 aromatic carbocycles. The second kappa shape index (κ2) is 11.1. The van der Waals surface area contributed by atoms with Crippen LogP contribution in [0, 0.1) is 11.0 Å². The minimum Gasteiger partial charge on any atom is -0.633 e. The number of hydrogen-bond acceptors (Lipinski definition) is 7. The number of ether oxygens (including phenoxy) is 1. The second-order valence-corrected chi connectivity index (χ2v) is 9.66. The maximum Gasteiger partial charge on any atom is 0.247 e. The Hall–Kier alpha value is -4.48. The largest absolute Gasteiger partial charge is 0.633 e. The predicted molar refractivity (Wildman–Crippen MR) is 153 cm³/mol. The van der Waals surface area contributed by atoms with Gasteiger partial charge in [0, 0.05) is 43.5 Å². The lowest BCUT2D eigenvalue weighted by Gasteiger charge is -2.36. The summed E-state index contributed by atoms with van der Waals surface area (Å²) >= 11 is 0. The highest BCUT2D eigenvalue weighted by molar-refractivity contribution is 6.02. The number of hydrogen-bond donors (Lipinski definition) is 2. The zero-order chi connectivity index (χ0) is 28.3. The van der Waals surface area contributed by atoms with Crippen LogP contribution in [0.15, 0.2) is 61.4 Å². The van der Waals surface area contributed by atoms with Gasteiger partial charge in [0.15, 0.2) is 0 Å². The molecule has 204 valence electrons. The Balaban J connectivity index is 1.71. The number of halogens is 1. The van der Waals surface area contributed by atoms with Gasteiger partial charge < -0.3 is 34.7 Å². The summed E-state index contributed by atoms with van der Waals surface area (Å²) < 4.78 is 21.4. The van der Waals surface area contributed by atoms with Crippen molar-refractivity contribution in [1.82, 2.24) is 14.5 Å². The SMILES string of the molecule is C=CC(=O)Nc1cc(Nc2nccc(-c3cn(C)c4c(F)cccc34)n2)c(OC)cc1N(C)CC[N+](C)(C)[O-]. The molecule has 1 amide bonds. The molecular weight excluding hydrogens is 501 g/mol. The Morgan fingerprint density at radius 2 is 2.05 bits per heavy atom. The van der Waals surface area contributed by atoms with Gasteiger partial charge in [-0.15, -0.1) is 0 Å². The summed E-state index contributed by atoms with van der Waals surface area (Å²) in [5.41, 5.74) is 3.52. The van der Waals surface area contributed by atoms with Crippen LogP contribution in [-0.2, 0) is 11.8 Å². The van der Waals surface area contributed by atoms with Gasteiger partial charge in [0.05, 0.1) is 62.6 Å². The molecule has 0 aliphatic heterocycles. The summed E-state index contributed by atoms with van der Waals surface area (Å²) in [5, 5.41) is 18.8. The first-order valence-corrected chi connectivity index (χ1v) is 12.3. The minimum absolute atomic E-state index is 0.284. The number of aromatic nitrogens is 3. The van der Waals surface area contributed by atoms with Crippen LogP contribution in [0.4, 0.5) is 27.4 Å². The van der Waals surface area contributed by atoms with E-state index >= 15 is 0 Å². The van der Waals surface area contributed by atoms with Gasteiger partial charge in [-0.05, 0) is 24.3 Å². The van der Waals surface area contributed by atoms with E-state index in [1.807, 2.05) is 24.2 Å². The highest BCUT2D eigenvalue weighted by Gasteiger charge is 2.18. The van der Waals surface area contributed by atoms with E-state index in [1.54, 1.807) is 56.2 Å². The van der Waals surface area contributed by atoms with E-state index < -0.39 is 4.65 Å². The number of para-hydroxylation sites is 1. The van der Waals surface area contributed by atoms with Crippen LogP contribution in [-0.4, -0.2) is 66.4 Å². The number of fused-ring (bicyclic) bond motifs is 1. The number of quaternary nitrogens is 1. The van der Waals surface area contributed by atoms with Crippen LogP contribution in [0.3, 0.4) is 0 Å². The predicted octanol–water partition coefficient (Wildman–Crippen LogP) is 4.66. The van der Waals surface area contributed by atoms with Gasteiger partial charge in [0.1, 0.15) is 11.6 Å². The average molecular weight is 534 g/mol. The van der Waals surface area contributed by atoms with E-state index in [0.717, 1.165) is 10.9 Å². The molecule has 2 N–H and O–H groups in total. The van der Waals surface area contributed by atoms with Crippen LogP contribution < -0.4 is 20.3 Å². The molecule has 4 rings (SSSR count). The molecule has 10 nitrogen and oxygen atoms in total. The molecule has 0 aliphatic rings. The van der Waals surface area contributed by atoms with Crippen molar-refractivity contribution in [2.24, 2.45) is 7.05 Å². The van der Waals surface area contributed by atoms with Crippen LogP contribution in [0.2, 0.25) is 0 Å². The van der Waals surface area contributed by atoms with Crippen LogP contribution in [0.25, 0.3) is 22.2 Å². The number of amides is 1. The molecule has 0 aliphatic carbocycles. The Morgan fingerprint density at radius 3 is 2.74 bits per heavy atom. The van der Waals surface area contributed by atoms with Gasteiger partial charge >= 0.3 is 0 Å². The quantitative estimate of drug-likeness (QED) is 0.173. The Bertz CT molecular complexity index is 1530. The molecule has 0 saturated heterocycles. The third-order valence-corrected chi connectivity index (χ3v) is 6.28. The monoisotopic (exact) mass is 533 g/mol. The summed E-state index contributed by atoms with van der Waals surface area (Å²) in [7, 11) is 8.30. The van der Waals surface area contributed by atoms with Gasteiger partial charge in [0.25, 0.3) is 0 Å². The minimum atomic E-state index is -0.452. The van der Waals surface area contributed by atoms with E-state index in [2.05, 4.69) is 27.2 Å². The number of carbonyl (C=O) groups is 1. The van der Waals surface area contributed by atoms with E-state index in [9.17, 15) is 14.4 Å². The number of hydroxylamine groups is 3. The number of aryl methyl sites for hydroxylation is 1. The molecule has 11 heteroatoms. The fourth-order valence-corrected chi connectivity index (χ4v) is 4.26. The third kappa shape index (κ3) is 6.16. The lowest BCUT2D eigenvalue weighted by molar-refractivity contribution is -0.838. The molecule has 0 fully saturated rings. The van der Waals surface area contributed by atoms with Gasteiger partial charge in [0.2, 0.25) is 11.9 Å². The summed E-state index contributed by atoms with van der Waals surface area (Å²) in [6, 6.07) is 10.2. The molecule has 0 saturated carbocycles. The first-order chi connectivity index (χ1) is 18.5. The first-order valence-electron chi connectivity index (χ1n) is 12.3. The highest BCUT2D eigenvalue weighted by atomic mass is 19.1. The summed E-state index contributed by atoms with van der Waals surface area (Å²) in [6.07, 6.45) is 4.62. The highest BCUT2D eigenvalue weighted by Crippen LogP contribution is 2.38. The van der Waals surface area contributed by atoms with Crippen LogP contribution in [0.1, 0.15) is 0 Å². The fourth-order valence-electron chi connectivity index (χ4n) is 4.26. The standard InChI is InChI=1S/C28H32FN7O3/c1-7-26(37)31-22-15-23(25(39-6)16-24(22)34(2)13-14-36(4,5)38)33-28-30-12-11-21(32-28)19-17-35(3)27-18(19)9-8-10-20(27)29/h7-12,15-17H,1,13-14H2,2-6H3,(H,31,37)(H,30,32,33). The van der Waals surface area contributed by atoms with Gasteiger partial charge in [-0.25, -0.2) is 14.4 Å². The number of nitrogens with zero attached hydrogens (tertiary/aromatic N) is 5. The number of benzene rings is 2. The number of methoxy groups -OCH3 is 1. The molecular formula is C28H32FN7O3. The number of carbonyl (C=O) groups excluding carboxylic acids is 1. The molecule has 0 unspecified atom stereocenters. The molecule has 0 atom stereocenters. The van der Waals surface area contributed by atoms with Crippen molar-refractivity contribution in [2.45, 2.75) is 0 Å². The molecule has 0 radical (unpaired) electrons. The summed E-state index contributed by atoms with van der Waals surface area (Å²) in [5.74, 6) is 0.0646. The third-order valence-electron chi connectivity index (χ3n) is 6.28. The van der Waals surface area contributed by atoms with Crippen molar-refractivity contribution >= 4 is 39.8 Å². The van der Waals surface area contributed by atoms with Crippen LogP contribution in [0.5, 0.6) is 5.75 Å². The molecule has 0 spiro atoms. The van der Waals surface area contributed by atoms with E-state index in [1.165, 1.54) is 19.3 Å². The number of likely N-dealkylation sites (N-methyl/N-ethyl adjacent to an activating group) is 2. The number of rotatable bonds is 10. The van der Waals surface area contributed by atoms with Crippen molar-refractivity contribution in [1.29, 1.82) is 0 Å². The molecule has 2 heterocycles. The summed E-state index contributed by atoms with van der Waals surface area (Å²) in [4.78, 5) is 23.1. The maximum absolute atomic E-state index is 14.4. The molecule has 2 aromatic heterocycles. The van der Waals surface area contributed by atoms with Crippen molar-refractivity contribution in [3.8, 4) is 17.0 Å². The normalized spacial score (nSPS) is 11.4. The van der Waals surface area contributed by atoms with Crippen LogP contribution >= 0.6 is 0 Å². The lowest BCUT2D eigenvalue weighted by atomic mass is 10.1. The lowest BCUT2D eigenvalue weighted by Crippen LogP contribution is -2.39. The van der Waals surface area contributed by atoms with Gasteiger partial charge in [-0.2, -0.15) is 0 Å². The Labute approximate surface area is 226 Å². The average Bonchev–Trinajstić information content (AvgIpc) is 3.24. The zero-order valence-corrected chi connectivity index (χ0v) is 22.7. The molecule has 4 aromatic rings. The van der Waals surface area contributed by atoms with Crippen molar-refractivity contribution < 1.29 is 18.6 Å². The van der Waals surface area contributed by atoms with Crippen molar-refractivity contribution in [3.63, 3.8) is 0 Å². The van der Waals surface area contributed by atoms with E-state index in [0.29, 0.717) is 47.1 Å². The fraction of sp³-hybridized carbons (Fsp3) is 0.250. The first kappa shape index (κ1) is 27.6. The number of nitrogens with one attached hydrogen (secondary N) is 2. The Morgan fingerprint density at radius 1 is 1.28 bits per heavy atom. The topological polar surface area (TPSA) is 107 Å². The van der Waals surface area contributed by atoms with E-state index in [4.69, 9.17) is 4.74 Å². The number of anilines is 4. The maximum atomic E-state index is 14.4. The van der Waals surface area contributed by atoms with Crippen molar-refractivity contribution in [2.75, 3.05) is 56.9 Å². The Kier molecular flexibility index (Phi) is 7.84.